The maximum absolute atomic E-state index is 10.6. The summed E-state index contributed by atoms with van der Waals surface area (Å²) in [6.07, 6.45) is 0.957. The summed E-state index contributed by atoms with van der Waals surface area (Å²) in [7, 11) is 0. The Morgan fingerprint density at radius 3 is 2.00 bits per heavy atom. The fourth-order valence-electron chi connectivity index (χ4n) is 1.33. The molecule has 1 aromatic rings. The molecule has 1 aromatic carbocycles. The Morgan fingerprint density at radius 1 is 1.20 bits per heavy atom. The molecule has 0 aliphatic rings. The van der Waals surface area contributed by atoms with Crippen LogP contribution in [0.4, 0.5) is 0 Å². The molecule has 0 amide bonds. The minimum atomic E-state index is -2.11. The smallest absolute Gasteiger partial charge is 0.768 e. The van der Waals surface area contributed by atoms with Crippen LogP contribution in [-0.2, 0) is 17.5 Å². The number of benzene rings is 1. The Bertz CT molecular complexity index is 327. The second kappa shape index (κ2) is 6.16. The van der Waals surface area contributed by atoms with Gasteiger partial charge in [-0.15, -0.1) is 0 Å². The van der Waals surface area contributed by atoms with Crippen LogP contribution in [0.5, 0.6) is 0 Å². The zero-order valence-corrected chi connectivity index (χ0v) is 12.6. The first-order chi connectivity index (χ1) is 6.38. The van der Waals surface area contributed by atoms with E-state index in [1.807, 2.05) is 12.1 Å². The molecule has 0 radical (unpaired) electrons. The first kappa shape index (κ1) is 15.3. The van der Waals surface area contributed by atoms with Gasteiger partial charge in [0.15, 0.2) is 0 Å². The van der Waals surface area contributed by atoms with Crippen molar-refractivity contribution >= 4 is 11.1 Å². The van der Waals surface area contributed by atoms with Crippen molar-refractivity contribution in [3.8, 4) is 0 Å². The van der Waals surface area contributed by atoms with E-state index in [1.54, 1.807) is 12.1 Å². The van der Waals surface area contributed by atoms with E-state index in [0.717, 1.165) is 6.42 Å². The van der Waals surface area contributed by atoms with Crippen LogP contribution >= 0.6 is 0 Å². The van der Waals surface area contributed by atoms with Crippen molar-refractivity contribution in [3.63, 3.8) is 0 Å². The first-order valence-corrected chi connectivity index (χ1v) is 5.64. The van der Waals surface area contributed by atoms with Gasteiger partial charge in [-0.05, 0) is 40.6 Å². The molecule has 2 nitrogen and oxygen atoms in total. The summed E-state index contributed by atoms with van der Waals surface area (Å²) in [6, 6.07) is 7.03. The van der Waals surface area contributed by atoms with E-state index in [4.69, 9.17) is 0 Å². The fraction of sp³-hybridized carbons (Fsp3) is 0.455. The van der Waals surface area contributed by atoms with Crippen LogP contribution in [0.1, 0.15) is 26.3 Å². The standard InChI is InChI=1S/C11H16O2S.Na/c1-11(2,3)8-9-4-6-10(7-5-9)14(12)13;/h4-7H,8H2,1-3H3,(H,12,13);/q;+1/p-1. The average molecular weight is 234 g/mol. The maximum Gasteiger partial charge on any atom is 1.00 e. The largest absolute Gasteiger partial charge is 1.00 e. The number of rotatable bonds is 2. The molecule has 15 heavy (non-hydrogen) atoms. The second-order valence-electron chi connectivity index (χ2n) is 4.62. The summed E-state index contributed by atoms with van der Waals surface area (Å²) in [4.78, 5) is 0.350. The molecule has 0 saturated heterocycles. The van der Waals surface area contributed by atoms with Gasteiger partial charge in [0.05, 0.1) is 0 Å². The molecule has 1 atom stereocenters. The predicted octanol–water partition coefficient (Wildman–Crippen LogP) is -0.483. The number of hydrogen-bond acceptors (Lipinski definition) is 2. The van der Waals surface area contributed by atoms with Gasteiger partial charge in [-0.3, -0.25) is 4.21 Å². The quantitative estimate of drug-likeness (QED) is 0.512. The van der Waals surface area contributed by atoms with Gasteiger partial charge in [0.1, 0.15) is 0 Å². The van der Waals surface area contributed by atoms with Crippen molar-refractivity contribution in [2.75, 3.05) is 0 Å². The predicted molar refractivity (Wildman–Crippen MR) is 56.8 cm³/mol. The van der Waals surface area contributed by atoms with E-state index < -0.39 is 11.1 Å². The Balaban J connectivity index is 0.00000196. The molecule has 0 aliphatic carbocycles. The van der Waals surface area contributed by atoms with E-state index in [0.29, 0.717) is 4.90 Å². The molecule has 0 bridgehead atoms. The summed E-state index contributed by atoms with van der Waals surface area (Å²) in [5.41, 5.74) is 1.41. The van der Waals surface area contributed by atoms with Gasteiger partial charge >= 0.3 is 29.6 Å². The Labute approximate surface area is 116 Å². The molecule has 1 unspecified atom stereocenters. The SMILES string of the molecule is CC(C)(C)Cc1ccc(S(=O)[O-])cc1.[Na+]. The van der Waals surface area contributed by atoms with E-state index in [-0.39, 0.29) is 35.0 Å². The van der Waals surface area contributed by atoms with E-state index >= 15 is 0 Å². The molecule has 78 valence electrons. The van der Waals surface area contributed by atoms with Crippen molar-refractivity contribution in [2.45, 2.75) is 32.1 Å². The van der Waals surface area contributed by atoms with Crippen LogP contribution in [0, 0.1) is 5.41 Å². The summed E-state index contributed by atoms with van der Waals surface area (Å²) in [6.45, 7) is 6.48. The topological polar surface area (TPSA) is 40.1 Å². The van der Waals surface area contributed by atoms with Crippen molar-refractivity contribution in [3.05, 3.63) is 29.8 Å². The van der Waals surface area contributed by atoms with E-state index in [9.17, 15) is 8.76 Å². The van der Waals surface area contributed by atoms with Crippen LogP contribution < -0.4 is 29.6 Å². The summed E-state index contributed by atoms with van der Waals surface area (Å²) in [5.74, 6) is 0. The summed E-state index contributed by atoms with van der Waals surface area (Å²) in [5, 5.41) is 0. The molecule has 0 aromatic heterocycles. The molecule has 1 rings (SSSR count). The monoisotopic (exact) mass is 234 g/mol. The molecular weight excluding hydrogens is 219 g/mol. The van der Waals surface area contributed by atoms with Crippen molar-refractivity contribution in [1.29, 1.82) is 0 Å². The van der Waals surface area contributed by atoms with Crippen LogP contribution in [0.2, 0.25) is 0 Å². The van der Waals surface area contributed by atoms with Gasteiger partial charge in [-0.1, -0.05) is 32.9 Å². The van der Waals surface area contributed by atoms with Crippen LogP contribution in [0.25, 0.3) is 0 Å². The molecular formula is C11H15NaO2S. The maximum atomic E-state index is 10.6. The Morgan fingerprint density at radius 2 is 1.67 bits per heavy atom. The van der Waals surface area contributed by atoms with Gasteiger partial charge in [0, 0.05) is 4.90 Å². The molecule has 0 saturated carbocycles. The summed E-state index contributed by atoms with van der Waals surface area (Å²) >= 11 is -2.11. The minimum Gasteiger partial charge on any atom is -0.768 e. The number of hydrogen-bond donors (Lipinski definition) is 0. The molecule has 0 N–H and O–H groups in total. The van der Waals surface area contributed by atoms with Crippen molar-refractivity contribution < 1.29 is 38.3 Å². The van der Waals surface area contributed by atoms with Gasteiger partial charge in [0.25, 0.3) is 0 Å². The average Bonchev–Trinajstić information content (AvgIpc) is 2.02. The third-order valence-corrected chi connectivity index (χ3v) is 2.51. The summed E-state index contributed by atoms with van der Waals surface area (Å²) < 4.78 is 21.2. The van der Waals surface area contributed by atoms with Gasteiger partial charge in [-0.25, -0.2) is 0 Å². The normalized spacial score (nSPS) is 13.1. The van der Waals surface area contributed by atoms with Crippen LogP contribution in [-0.4, -0.2) is 8.76 Å². The van der Waals surface area contributed by atoms with Gasteiger partial charge in [0.2, 0.25) is 0 Å². The minimum absolute atomic E-state index is 0. The Kier molecular flexibility index (Phi) is 6.30. The van der Waals surface area contributed by atoms with Crippen molar-refractivity contribution in [2.24, 2.45) is 5.41 Å². The zero-order chi connectivity index (χ0) is 10.8. The zero-order valence-electron chi connectivity index (χ0n) is 9.74. The molecule has 0 fully saturated rings. The first-order valence-electron chi connectivity index (χ1n) is 4.57. The third kappa shape index (κ3) is 5.83. The molecule has 0 heterocycles. The van der Waals surface area contributed by atoms with E-state index in [2.05, 4.69) is 20.8 Å². The molecule has 4 heteroatoms. The van der Waals surface area contributed by atoms with Gasteiger partial charge in [-0.2, -0.15) is 0 Å². The third-order valence-electron chi connectivity index (χ3n) is 1.85. The van der Waals surface area contributed by atoms with Crippen molar-refractivity contribution in [1.82, 2.24) is 0 Å². The van der Waals surface area contributed by atoms with Crippen LogP contribution in [0.3, 0.4) is 0 Å². The second-order valence-corrected chi connectivity index (χ2v) is 5.56. The fourth-order valence-corrected chi connectivity index (χ4v) is 1.69. The Hall–Kier alpha value is 0.330. The van der Waals surface area contributed by atoms with Gasteiger partial charge < -0.3 is 4.55 Å². The molecule has 0 aliphatic heterocycles. The van der Waals surface area contributed by atoms with E-state index in [1.165, 1.54) is 5.56 Å². The molecule has 0 spiro atoms. The van der Waals surface area contributed by atoms with Crippen LogP contribution in [0.15, 0.2) is 29.2 Å².